The zero-order chi connectivity index (χ0) is 23.5. The molecule has 7 heteroatoms. The van der Waals surface area contributed by atoms with Crippen LogP contribution in [0.25, 0.3) is 22.0 Å². The van der Waals surface area contributed by atoms with Gasteiger partial charge in [-0.05, 0) is 73.4 Å². The summed E-state index contributed by atoms with van der Waals surface area (Å²) in [6.07, 6.45) is 5.87. The van der Waals surface area contributed by atoms with E-state index in [1.165, 1.54) is 22.1 Å². The van der Waals surface area contributed by atoms with E-state index in [-0.39, 0.29) is 11.9 Å². The van der Waals surface area contributed by atoms with Crippen LogP contribution in [0.2, 0.25) is 0 Å². The number of aliphatic hydroxyl groups is 1. The van der Waals surface area contributed by atoms with E-state index >= 15 is 0 Å². The van der Waals surface area contributed by atoms with Crippen molar-refractivity contribution in [2.75, 3.05) is 38.5 Å². The minimum absolute atomic E-state index is 0.191. The van der Waals surface area contributed by atoms with Gasteiger partial charge in [0.2, 0.25) is 10.0 Å². The van der Waals surface area contributed by atoms with Crippen molar-refractivity contribution in [1.82, 2.24) is 14.2 Å². The number of aromatic nitrogens is 1. The third-order valence-corrected chi connectivity index (χ3v) is 9.50. The molecule has 0 radical (unpaired) electrons. The van der Waals surface area contributed by atoms with E-state index in [2.05, 4.69) is 58.5 Å². The lowest BCUT2D eigenvalue weighted by Gasteiger charge is -2.32. The van der Waals surface area contributed by atoms with E-state index in [1.807, 2.05) is 6.07 Å². The maximum atomic E-state index is 12.9. The lowest BCUT2D eigenvalue weighted by atomic mass is 9.89. The van der Waals surface area contributed by atoms with E-state index in [0.717, 1.165) is 50.8 Å². The zero-order valence-electron chi connectivity index (χ0n) is 19.7. The number of hydrogen-bond acceptors (Lipinski definition) is 4. The standard InChI is InChI=1S/C27H35N3O3S/c31-24-11-14-29(15-12-24)13-4-18-34(32,33)30-16-9-22(10-17-30)26-20-28-27-8-7-23(19-25(26)27)21-5-2-1-3-6-21/h1-3,5-8,19-20,22,24,28,31H,4,9-18H2. The van der Waals surface area contributed by atoms with Crippen LogP contribution in [0.1, 0.15) is 43.6 Å². The molecule has 3 heterocycles. The third-order valence-electron chi connectivity index (χ3n) is 7.54. The highest BCUT2D eigenvalue weighted by atomic mass is 32.2. The molecule has 0 atom stereocenters. The van der Waals surface area contributed by atoms with Gasteiger partial charge in [0.05, 0.1) is 11.9 Å². The van der Waals surface area contributed by atoms with Crippen LogP contribution >= 0.6 is 0 Å². The largest absolute Gasteiger partial charge is 0.393 e. The molecule has 1 aromatic heterocycles. The van der Waals surface area contributed by atoms with Gasteiger partial charge in [0.25, 0.3) is 0 Å². The van der Waals surface area contributed by atoms with Crippen LogP contribution in [0.3, 0.4) is 0 Å². The van der Waals surface area contributed by atoms with Crippen molar-refractivity contribution in [2.45, 2.75) is 44.1 Å². The second-order valence-corrected chi connectivity index (χ2v) is 11.9. The van der Waals surface area contributed by atoms with Gasteiger partial charge in [-0.15, -0.1) is 0 Å². The normalized spacial score (nSPS) is 19.7. The summed E-state index contributed by atoms with van der Waals surface area (Å²) in [6, 6.07) is 17.0. The van der Waals surface area contributed by atoms with E-state index in [1.54, 1.807) is 4.31 Å². The van der Waals surface area contributed by atoms with Crippen molar-refractivity contribution in [3.05, 3.63) is 60.3 Å². The molecule has 6 nitrogen and oxygen atoms in total. The van der Waals surface area contributed by atoms with Crippen LogP contribution in [-0.4, -0.2) is 72.3 Å². The monoisotopic (exact) mass is 481 g/mol. The molecule has 0 saturated carbocycles. The molecule has 2 N–H and O–H groups in total. The smallest absolute Gasteiger partial charge is 0.214 e. The Hall–Kier alpha value is -2.19. The van der Waals surface area contributed by atoms with Gasteiger partial charge in [0.15, 0.2) is 0 Å². The molecule has 2 fully saturated rings. The maximum Gasteiger partial charge on any atom is 0.214 e. The molecule has 0 unspecified atom stereocenters. The first-order chi connectivity index (χ1) is 16.5. The molecule has 0 aliphatic carbocycles. The number of aliphatic hydroxyl groups excluding tert-OH is 1. The number of likely N-dealkylation sites (tertiary alicyclic amines) is 1. The number of benzene rings is 2. The quantitative estimate of drug-likeness (QED) is 0.531. The number of H-pyrrole nitrogens is 1. The van der Waals surface area contributed by atoms with Crippen molar-refractivity contribution in [3.8, 4) is 11.1 Å². The Morgan fingerprint density at radius 3 is 2.38 bits per heavy atom. The van der Waals surface area contributed by atoms with Crippen molar-refractivity contribution in [3.63, 3.8) is 0 Å². The topological polar surface area (TPSA) is 76.6 Å². The van der Waals surface area contributed by atoms with E-state index in [9.17, 15) is 13.5 Å². The third kappa shape index (κ3) is 5.23. The first-order valence-corrected chi connectivity index (χ1v) is 14.2. The van der Waals surface area contributed by atoms with Crippen molar-refractivity contribution in [2.24, 2.45) is 0 Å². The summed E-state index contributed by atoms with van der Waals surface area (Å²) >= 11 is 0. The minimum atomic E-state index is -3.22. The Labute approximate surface area is 202 Å². The first-order valence-electron chi connectivity index (χ1n) is 12.5. The van der Waals surface area contributed by atoms with E-state index in [4.69, 9.17) is 0 Å². The predicted molar refractivity (Wildman–Crippen MR) is 137 cm³/mol. The second-order valence-electron chi connectivity index (χ2n) is 9.79. The van der Waals surface area contributed by atoms with Crippen LogP contribution in [0.15, 0.2) is 54.7 Å². The molecule has 2 aliphatic heterocycles. The Kier molecular flexibility index (Phi) is 7.06. The SMILES string of the molecule is O=S(=O)(CCCN1CCC(O)CC1)N1CCC(c2c[nH]c3ccc(-c4ccccc4)cc23)CC1. The molecular formula is C27H35N3O3S. The summed E-state index contributed by atoms with van der Waals surface area (Å²) in [7, 11) is -3.22. The van der Waals surface area contributed by atoms with Crippen LogP contribution in [-0.2, 0) is 10.0 Å². The number of nitrogens with zero attached hydrogens (tertiary/aromatic N) is 2. The second kappa shape index (κ2) is 10.2. The Morgan fingerprint density at radius 1 is 0.912 bits per heavy atom. The molecule has 0 spiro atoms. The number of fused-ring (bicyclic) bond motifs is 1. The van der Waals surface area contributed by atoms with Crippen molar-refractivity contribution < 1.29 is 13.5 Å². The number of nitrogens with one attached hydrogen (secondary N) is 1. The van der Waals surface area contributed by atoms with Gasteiger partial charge in [-0.2, -0.15) is 0 Å². The van der Waals surface area contributed by atoms with Gasteiger partial charge in [0, 0.05) is 43.3 Å². The molecule has 34 heavy (non-hydrogen) atoms. The Bertz CT molecular complexity index is 1190. The minimum Gasteiger partial charge on any atom is -0.393 e. The molecule has 5 rings (SSSR count). The zero-order valence-corrected chi connectivity index (χ0v) is 20.5. The maximum absolute atomic E-state index is 12.9. The Morgan fingerprint density at radius 2 is 1.65 bits per heavy atom. The number of rotatable bonds is 7. The predicted octanol–water partition coefficient (Wildman–Crippen LogP) is 4.19. The highest BCUT2D eigenvalue weighted by Crippen LogP contribution is 2.35. The summed E-state index contributed by atoms with van der Waals surface area (Å²) in [5, 5.41) is 10.9. The fourth-order valence-electron chi connectivity index (χ4n) is 5.48. The molecular weight excluding hydrogens is 446 g/mol. The fourth-order valence-corrected chi connectivity index (χ4v) is 7.00. The molecule has 2 aliphatic rings. The van der Waals surface area contributed by atoms with E-state index < -0.39 is 10.0 Å². The lowest BCUT2D eigenvalue weighted by molar-refractivity contribution is 0.0827. The van der Waals surface area contributed by atoms with Gasteiger partial charge in [0.1, 0.15) is 0 Å². The van der Waals surface area contributed by atoms with Crippen LogP contribution in [0.5, 0.6) is 0 Å². The molecule has 182 valence electrons. The van der Waals surface area contributed by atoms with Gasteiger partial charge in [-0.25, -0.2) is 12.7 Å². The fraction of sp³-hybridized carbons (Fsp3) is 0.481. The lowest BCUT2D eigenvalue weighted by Crippen LogP contribution is -2.40. The van der Waals surface area contributed by atoms with Crippen LogP contribution in [0, 0.1) is 0 Å². The van der Waals surface area contributed by atoms with Crippen LogP contribution < -0.4 is 0 Å². The molecule has 2 saturated heterocycles. The molecule has 2 aromatic carbocycles. The molecule has 0 amide bonds. The average Bonchev–Trinajstić information content (AvgIpc) is 3.29. The summed E-state index contributed by atoms with van der Waals surface area (Å²) < 4.78 is 27.6. The first kappa shape index (κ1) is 23.5. The number of sulfonamides is 1. The molecule has 0 bridgehead atoms. The van der Waals surface area contributed by atoms with Gasteiger partial charge >= 0.3 is 0 Å². The molecule has 3 aromatic rings. The van der Waals surface area contributed by atoms with Gasteiger partial charge < -0.3 is 15.0 Å². The highest BCUT2D eigenvalue weighted by Gasteiger charge is 2.29. The number of aromatic amines is 1. The summed E-state index contributed by atoms with van der Waals surface area (Å²) in [4.78, 5) is 5.69. The highest BCUT2D eigenvalue weighted by molar-refractivity contribution is 7.89. The van der Waals surface area contributed by atoms with Crippen molar-refractivity contribution in [1.29, 1.82) is 0 Å². The van der Waals surface area contributed by atoms with Crippen LogP contribution in [0.4, 0.5) is 0 Å². The van der Waals surface area contributed by atoms with E-state index in [0.29, 0.717) is 25.4 Å². The number of hydrogen-bond donors (Lipinski definition) is 2. The Balaban J connectivity index is 1.19. The van der Waals surface area contributed by atoms with Gasteiger partial charge in [-0.1, -0.05) is 36.4 Å². The summed E-state index contributed by atoms with van der Waals surface area (Å²) in [5.74, 6) is 0.579. The average molecular weight is 482 g/mol. The summed E-state index contributed by atoms with van der Waals surface area (Å²) in [6.45, 7) is 3.70. The van der Waals surface area contributed by atoms with Crippen molar-refractivity contribution >= 4 is 20.9 Å². The number of piperidine rings is 2. The van der Waals surface area contributed by atoms with Gasteiger partial charge in [-0.3, -0.25) is 0 Å². The summed E-state index contributed by atoms with van der Waals surface area (Å²) in [5.41, 5.74) is 4.85.